The minimum atomic E-state index is -0.366. The van der Waals surface area contributed by atoms with Crippen molar-refractivity contribution in [2.75, 3.05) is 26.2 Å². The second-order valence-electron chi connectivity index (χ2n) is 5.29. The van der Waals surface area contributed by atoms with Crippen molar-refractivity contribution in [3.63, 3.8) is 0 Å². The molecule has 1 aromatic carbocycles. The van der Waals surface area contributed by atoms with Crippen LogP contribution in [0.3, 0.4) is 0 Å². The van der Waals surface area contributed by atoms with E-state index in [1.165, 1.54) is 0 Å². The first kappa shape index (κ1) is 16.5. The van der Waals surface area contributed by atoms with E-state index in [0.717, 1.165) is 29.5 Å². The van der Waals surface area contributed by atoms with E-state index in [1.807, 2.05) is 23.1 Å². The average molecular weight is 355 g/mol. The summed E-state index contributed by atoms with van der Waals surface area (Å²) in [5.74, 6) is 0.0762. The Morgan fingerprint density at radius 2 is 2.29 bits per heavy atom. The van der Waals surface area contributed by atoms with Gasteiger partial charge in [-0.15, -0.1) is 0 Å². The Labute approximate surface area is 135 Å². The minimum absolute atomic E-state index is 0.0264. The zero-order valence-electron chi connectivity index (χ0n) is 12.6. The number of nitrogens with zero attached hydrogens (tertiary/aromatic N) is 1. The molecule has 0 aliphatic carbocycles. The van der Waals surface area contributed by atoms with Crippen LogP contribution in [-0.4, -0.2) is 43.2 Å². The maximum absolute atomic E-state index is 12.8. The van der Waals surface area contributed by atoms with E-state index in [4.69, 9.17) is 4.74 Å². The Balaban J connectivity index is 2.17. The highest BCUT2D eigenvalue weighted by atomic mass is 79.9. The SMILES string of the molecule is CCCN(C(=O)C1CNCCO1)C(C)c1ccccc1Br. The fourth-order valence-electron chi connectivity index (χ4n) is 2.63. The molecule has 0 saturated carbocycles. The van der Waals surface area contributed by atoms with E-state index in [1.54, 1.807) is 0 Å². The number of carbonyl (C=O) groups excluding carboxylic acids is 1. The van der Waals surface area contributed by atoms with Crippen LogP contribution in [0.1, 0.15) is 31.9 Å². The van der Waals surface area contributed by atoms with E-state index in [2.05, 4.69) is 41.2 Å². The molecule has 0 aromatic heterocycles. The van der Waals surface area contributed by atoms with Crippen molar-refractivity contribution in [3.8, 4) is 0 Å². The summed E-state index contributed by atoms with van der Waals surface area (Å²) >= 11 is 3.58. The third-order valence-electron chi connectivity index (χ3n) is 3.77. The zero-order valence-corrected chi connectivity index (χ0v) is 14.2. The molecule has 1 aromatic rings. The maximum Gasteiger partial charge on any atom is 0.253 e. The monoisotopic (exact) mass is 354 g/mol. The third kappa shape index (κ3) is 4.05. The molecule has 1 amide bonds. The molecule has 2 atom stereocenters. The number of rotatable bonds is 5. The van der Waals surface area contributed by atoms with E-state index in [0.29, 0.717) is 13.2 Å². The molecule has 0 spiro atoms. The summed E-state index contributed by atoms with van der Waals surface area (Å²) in [5.41, 5.74) is 1.13. The van der Waals surface area contributed by atoms with Gasteiger partial charge >= 0.3 is 0 Å². The van der Waals surface area contributed by atoms with Crippen LogP contribution >= 0.6 is 15.9 Å². The molecular formula is C16H23BrN2O2. The van der Waals surface area contributed by atoms with Gasteiger partial charge in [-0.1, -0.05) is 41.1 Å². The molecule has 21 heavy (non-hydrogen) atoms. The summed E-state index contributed by atoms with van der Waals surface area (Å²) < 4.78 is 6.65. The van der Waals surface area contributed by atoms with Crippen LogP contribution in [-0.2, 0) is 9.53 Å². The Morgan fingerprint density at radius 1 is 1.52 bits per heavy atom. The van der Waals surface area contributed by atoms with Crippen LogP contribution < -0.4 is 5.32 Å². The lowest BCUT2D eigenvalue weighted by Crippen LogP contribution is -2.50. The summed E-state index contributed by atoms with van der Waals surface area (Å²) in [5, 5.41) is 3.22. The second kappa shape index (κ2) is 7.92. The maximum atomic E-state index is 12.8. The highest BCUT2D eigenvalue weighted by Gasteiger charge is 2.30. The molecule has 1 aliphatic rings. The fourth-order valence-corrected chi connectivity index (χ4v) is 3.24. The first-order valence-corrected chi connectivity index (χ1v) is 8.31. The number of nitrogens with one attached hydrogen (secondary N) is 1. The van der Waals surface area contributed by atoms with Crippen molar-refractivity contribution < 1.29 is 9.53 Å². The first-order chi connectivity index (χ1) is 10.1. The van der Waals surface area contributed by atoms with Gasteiger partial charge in [0.2, 0.25) is 0 Å². The average Bonchev–Trinajstić information content (AvgIpc) is 2.52. The van der Waals surface area contributed by atoms with Crippen molar-refractivity contribution >= 4 is 21.8 Å². The lowest BCUT2D eigenvalue weighted by Gasteiger charge is -2.34. The highest BCUT2D eigenvalue weighted by Crippen LogP contribution is 2.28. The van der Waals surface area contributed by atoms with Crippen molar-refractivity contribution in [3.05, 3.63) is 34.3 Å². The largest absolute Gasteiger partial charge is 0.366 e. The van der Waals surface area contributed by atoms with Crippen LogP contribution in [0.5, 0.6) is 0 Å². The zero-order chi connectivity index (χ0) is 15.2. The van der Waals surface area contributed by atoms with Gasteiger partial charge < -0.3 is 15.0 Å². The van der Waals surface area contributed by atoms with E-state index < -0.39 is 0 Å². The normalized spacial score (nSPS) is 20.0. The molecule has 0 bridgehead atoms. The molecule has 116 valence electrons. The van der Waals surface area contributed by atoms with Gasteiger partial charge in [-0.05, 0) is 25.0 Å². The summed E-state index contributed by atoms with van der Waals surface area (Å²) in [6.07, 6.45) is 0.566. The second-order valence-corrected chi connectivity index (χ2v) is 6.15. The number of hydrogen-bond donors (Lipinski definition) is 1. The number of halogens is 1. The molecule has 2 unspecified atom stereocenters. The van der Waals surface area contributed by atoms with Crippen molar-refractivity contribution in [1.29, 1.82) is 0 Å². The van der Waals surface area contributed by atoms with Crippen molar-refractivity contribution in [2.24, 2.45) is 0 Å². The number of ether oxygens (including phenoxy) is 1. The molecule has 2 rings (SSSR count). The van der Waals surface area contributed by atoms with Crippen LogP contribution in [0.25, 0.3) is 0 Å². The lowest BCUT2D eigenvalue weighted by molar-refractivity contribution is -0.147. The van der Waals surface area contributed by atoms with Crippen molar-refractivity contribution in [1.82, 2.24) is 10.2 Å². The number of carbonyl (C=O) groups is 1. The number of hydrogen-bond acceptors (Lipinski definition) is 3. The fraction of sp³-hybridized carbons (Fsp3) is 0.562. The van der Waals surface area contributed by atoms with Gasteiger partial charge in [0.1, 0.15) is 6.10 Å². The Hall–Kier alpha value is -0.910. The smallest absolute Gasteiger partial charge is 0.253 e. The van der Waals surface area contributed by atoms with Crippen molar-refractivity contribution in [2.45, 2.75) is 32.4 Å². The standard InChI is InChI=1S/C16H23BrN2O2/c1-3-9-19(16(20)15-11-18-8-10-21-15)12(2)13-6-4-5-7-14(13)17/h4-7,12,15,18H,3,8-11H2,1-2H3. The highest BCUT2D eigenvalue weighted by molar-refractivity contribution is 9.10. The molecular weight excluding hydrogens is 332 g/mol. The lowest BCUT2D eigenvalue weighted by atomic mass is 10.1. The quantitative estimate of drug-likeness (QED) is 0.883. The molecule has 1 aliphatic heterocycles. The van der Waals surface area contributed by atoms with Crippen LogP contribution in [0.15, 0.2) is 28.7 Å². The van der Waals surface area contributed by atoms with Gasteiger partial charge in [-0.3, -0.25) is 4.79 Å². The molecule has 1 fully saturated rings. The van der Waals surface area contributed by atoms with Crippen LogP contribution in [0, 0.1) is 0 Å². The topological polar surface area (TPSA) is 41.6 Å². The molecule has 4 nitrogen and oxygen atoms in total. The van der Waals surface area contributed by atoms with Gasteiger partial charge in [0, 0.05) is 24.1 Å². The molecule has 1 N–H and O–H groups in total. The summed E-state index contributed by atoms with van der Waals surface area (Å²) in [6.45, 7) is 6.91. The third-order valence-corrected chi connectivity index (χ3v) is 4.50. The predicted octanol–water partition coefficient (Wildman–Crippen LogP) is 2.74. The van der Waals surface area contributed by atoms with Crippen LogP contribution in [0.4, 0.5) is 0 Å². The van der Waals surface area contributed by atoms with Crippen LogP contribution in [0.2, 0.25) is 0 Å². The number of amides is 1. The van der Waals surface area contributed by atoms with E-state index in [-0.39, 0.29) is 18.1 Å². The molecule has 1 saturated heterocycles. The molecule has 0 radical (unpaired) electrons. The van der Waals surface area contributed by atoms with Gasteiger partial charge in [0.15, 0.2) is 0 Å². The van der Waals surface area contributed by atoms with Gasteiger partial charge in [-0.2, -0.15) is 0 Å². The molecule has 5 heteroatoms. The minimum Gasteiger partial charge on any atom is -0.366 e. The van der Waals surface area contributed by atoms with Gasteiger partial charge in [-0.25, -0.2) is 0 Å². The predicted molar refractivity (Wildman–Crippen MR) is 87.2 cm³/mol. The number of benzene rings is 1. The van der Waals surface area contributed by atoms with E-state index in [9.17, 15) is 4.79 Å². The summed E-state index contributed by atoms with van der Waals surface area (Å²) in [6, 6.07) is 8.09. The Bertz CT molecular complexity index is 475. The van der Waals surface area contributed by atoms with E-state index >= 15 is 0 Å². The summed E-state index contributed by atoms with van der Waals surface area (Å²) in [4.78, 5) is 14.7. The Kier molecular flexibility index (Phi) is 6.21. The number of morpholine rings is 1. The van der Waals surface area contributed by atoms with Gasteiger partial charge in [0.05, 0.1) is 12.6 Å². The summed E-state index contributed by atoms with van der Waals surface area (Å²) in [7, 11) is 0. The Morgan fingerprint density at radius 3 is 2.90 bits per heavy atom. The van der Waals surface area contributed by atoms with Gasteiger partial charge in [0.25, 0.3) is 5.91 Å². The molecule has 1 heterocycles. The first-order valence-electron chi connectivity index (χ1n) is 7.52.